The van der Waals surface area contributed by atoms with Crippen molar-refractivity contribution in [2.24, 2.45) is 0 Å². The summed E-state index contributed by atoms with van der Waals surface area (Å²) < 4.78 is 29.2. The fourth-order valence-corrected chi connectivity index (χ4v) is 2.95. The second-order valence-electron chi connectivity index (χ2n) is 4.11. The third-order valence-electron chi connectivity index (χ3n) is 2.76. The van der Waals surface area contributed by atoms with Crippen LogP contribution in [-0.2, 0) is 14.3 Å². The average molecular weight is 303 g/mol. The predicted octanol–water partition coefficient (Wildman–Crippen LogP) is 2.96. The van der Waals surface area contributed by atoms with E-state index >= 15 is 0 Å². The molecule has 0 atom stereocenters. The maximum absolute atomic E-state index is 12.1. The Kier molecular flexibility index (Phi) is 7.17. The summed E-state index contributed by atoms with van der Waals surface area (Å²) in [5.41, 5.74) is 0. The zero-order valence-corrected chi connectivity index (χ0v) is 15.2. The van der Waals surface area contributed by atoms with Crippen molar-refractivity contribution in [3.05, 3.63) is 42.5 Å². The van der Waals surface area contributed by atoms with Crippen LogP contribution in [0.2, 0.25) is 0 Å². The van der Waals surface area contributed by atoms with Crippen LogP contribution in [0.15, 0.2) is 47.4 Å². The van der Waals surface area contributed by atoms with Gasteiger partial charge in [0.15, 0.2) is 0 Å². The zero-order chi connectivity index (χ0) is 13.0. The fourth-order valence-electron chi connectivity index (χ4n) is 1.79. The first-order chi connectivity index (χ1) is 8.65. The molecule has 97 valence electrons. The molecule has 0 saturated carbocycles. The van der Waals surface area contributed by atoms with Gasteiger partial charge in [0.1, 0.15) is 4.90 Å². The van der Waals surface area contributed by atoms with E-state index in [0.717, 1.165) is 18.2 Å². The van der Waals surface area contributed by atoms with Gasteiger partial charge >= 0.3 is 0 Å². The van der Waals surface area contributed by atoms with E-state index < -0.39 is 10.1 Å². The summed E-state index contributed by atoms with van der Waals surface area (Å²) in [6, 6.07) is 12.6. The van der Waals surface area contributed by atoms with Gasteiger partial charge in [-0.05, 0) is 17.9 Å². The normalized spacial score (nSPS) is 11.2. The molecule has 0 aliphatic rings. The summed E-state index contributed by atoms with van der Waals surface area (Å²) in [6.45, 7) is 2.23. The smallest absolute Gasteiger partial charge is 0.266 e. The Balaban J connectivity index is 0.00000180. The Labute approximate surface area is 156 Å². The predicted molar refractivity (Wildman–Crippen MR) is 77.7 cm³/mol. The summed E-state index contributed by atoms with van der Waals surface area (Å²) in [4.78, 5) is 0.247. The second-order valence-corrected chi connectivity index (χ2v) is 5.69. The quantitative estimate of drug-likeness (QED) is 0.484. The minimum Gasteiger partial charge on any atom is -0.266 e. The van der Waals surface area contributed by atoms with E-state index in [1.807, 2.05) is 31.2 Å². The molecular formula is C14H16KO3S. The zero-order valence-electron chi connectivity index (χ0n) is 11.3. The molecule has 0 heterocycles. The first kappa shape index (κ1) is 17.3. The molecule has 0 N–H and O–H groups in total. The van der Waals surface area contributed by atoms with Gasteiger partial charge in [-0.15, -0.1) is 0 Å². The van der Waals surface area contributed by atoms with E-state index in [9.17, 15) is 8.42 Å². The molecule has 0 amide bonds. The maximum Gasteiger partial charge on any atom is 0.297 e. The van der Waals surface area contributed by atoms with Gasteiger partial charge in [0.25, 0.3) is 10.1 Å². The van der Waals surface area contributed by atoms with Crippen molar-refractivity contribution < 1.29 is 12.6 Å². The largest absolute Gasteiger partial charge is 0.297 e. The third-order valence-corrected chi connectivity index (χ3v) is 4.13. The number of fused-ring (bicyclic) bond motifs is 1. The van der Waals surface area contributed by atoms with Crippen LogP contribution in [0.1, 0.15) is 19.8 Å². The van der Waals surface area contributed by atoms with Gasteiger partial charge in [-0.1, -0.05) is 49.7 Å². The van der Waals surface area contributed by atoms with Crippen molar-refractivity contribution in [1.29, 1.82) is 0 Å². The van der Waals surface area contributed by atoms with Gasteiger partial charge < -0.3 is 0 Å². The van der Waals surface area contributed by atoms with E-state index in [0.29, 0.717) is 5.39 Å². The van der Waals surface area contributed by atoms with Crippen LogP contribution >= 0.6 is 0 Å². The van der Waals surface area contributed by atoms with Crippen molar-refractivity contribution in [3.8, 4) is 0 Å². The molecular weight excluding hydrogens is 287 g/mol. The van der Waals surface area contributed by atoms with Crippen LogP contribution in [-0.4, -0.2) is 66.4 Å². The van der Waals surface area contributed by atoms with Crippen molar-refractivity contribution >= 4 is 72.3 Å². The molecule has 0 aliphatic heterocycles. The Morgan fingerprint density at radius 3 is 2.47 bits per heavy atom. The Morgan fingerprint density at radius 2 is 1.74 bits per heavy atom. The molecule has 2 rings (SSSR count). The third kappa shape index (κ3) is 4.36. The molecule has 0 bridgehead atoms. The minimum absolute atomic E-state index is 0. The molecule has 0 unspecified atom stereocenters. The standard InChI is InChI=1S/C14H16O3S.K/c1-2-3-11-17-18(15,16)14-10-6-8-12-7-4-5-9-13(12)14;/h4-10H,2-3,11H2,1H3;. The molecule has 0 fully saturated rings. The summed E-state index contributed by atoms with van der Waals surface area (Å²) in [5.74, 6) is 0. The van der Waals surface area contributed by atoms with Gasteiger partial charge in [0.2, 0.25) is 0 Å². The first-order valence-corrected chi connectivity index (χ1v) is 7.43. The second kappa shape index (κ2) is 7.88. The molecule has 0 aromatic heterocycles. The van der Waals surface area contributed by atoms with Crippen molar-refractivity contribution in [2.75, 3.05) is 6.61 Å². The summed E-state index contributed by atoms with van der Waals surface area (Å²) in [6.07, 6.45) is 1.65. The molecule has 1 radical (unpaired) electrons. The number of benzene rings is 2. The number of hydrogen-bond acceptors (Lipinski definition) is 3. The van der Waals surface area contributed by atoms with Gasteiger partial charge in [0, 0.05) is 56.8 Å². The van der Waals surface area contributed by atoms with E-state index in [4.69, 9.17) is 4.18 Å². The Bertz CT molecular complexity index is 633. The van der Waals surface area contributed by atoms with E-state index in [1.165, 1.54) is 0 Å². The van der Waals surface area contributed by atoms with Crippen LogP contribution in [0.5, 0.6) is 0 Å². The van der Waals surface area contributed by atoms with E-state index in [1.54, 1.807) is 18.2 Å². The summed E-state index contributed by atoms with van der Waals surface area (Å²) in [5, 5.41) is 1.61. The number of unbranched alkanes of at least 4 members (excludes halogenated alkanes) is 1. The fraction of sp³-hybridized carbons (Fsp3) is 0.286. The van der Waals surface area contributed by atoms with Gasteiger partial charge in [-0.2, -0.15) is 8.42 Å². The summed E-state index contributed by atoms with van der Waals surface area (Å²) >= 11 is 0. The molecule has 0 spiro atoms. The van der Waals surface area contributed by atoms with Gasteiger partial charge in [0.05, 0.1) is 6.61 Å². The number of rotatable bonds is 5. The van der Waals surface area contributed by atoms with Crippen molar-refractivity contribution in [3.63, 3.8) is 0 Å². The Morgan fingerprint density at radius 1 is 1.05 bits per heavy atom. The Hall–Kier alpha value is 0.246. The maximum atomic E-state index is 12.1. The molecule has 0 aliphatic carbocycles. The SMILES string of the molecule is CCCCOS(=O)(=O)c1cccc2ccccc12.[K]. The number of hydrogen-bond donors (Lipinski definition) is 0. The van der Waals surface area contributed by atoms with Crippen LogP contribution in [0.4, 0.5) is 0 Å². The van der Waals surface area contributed by atoms with Gasteiger partial charge in [-0.25, -0.2) is 0 Å². The molecule has 5 heteroatoms. The molecule has 0 saturated heterocycles. The van der Waals surface area contributed by atoms with Gasteiger partial charge in [-0.3, -0.25) is 4.18 Å². The average Bonchev–Trinajstić information content (AvgIpc) is 2.38. The van der Waals surface area contributed by atoms with Crippen LogP contribution < -0.4 is 0 Å². The van der Waals surface area contributed by atoms with E-state index in [-0.39, 0.29) is 62.9 Å². The van der Waals surface area contributed by atoms with Crippen LogP contribution in [0, 0.1) is 0 Å². The van der Waals surface area contributed by atoms with E-state index in [2.05, 4.69) is 0 Å². The molecule has 2 aromatic carbocycles. The molecule has 19 heavy (non-hydrogen) atoms. The van der Waals surface area contributed by atoms with Crippen molar-refractivity contribution in [2.45, 2.75) is 24.7 Å². The minimum atomic E-state index is -3.66. The molecule has 2 aromatic rings. The monoisotopic (exact) mass is 303 g/mol. The van der Waals surface area contributed by atoms with Crippen LogP contribution in [0.25, 0.3) is 10.8 Å². The first-order valence-electron chi connectivity index (χ1n) is 6.02. The molecule has 3 nitrogen and oxygen atoms in total. The van der Waals surface area contributed by atoms with Crippen LogP contribution in [0.3, 0.4) is 0 Å². The van der Waals surface area contributed by atoms with Crippen molar-refractivity contribution in [1.82, 2.24) is 0 Å². The summed E-state index contributed by atoms with van der Waals surface area (Å²) in [7, 11) is -3.66. The topological polar surface area (TPSA) is 43.4 Å².